The van der Waals surface area contributed by atoms with E-state index in [-0.39, 0.29) is 18.3 Å². The van der Waals surface area contributed by atoms with Gasteiger partial charge in [0.05, 0.1) is 12.2 Å². The number of ether oxygens (including phenoxy) is 1. The van der Waals surface area contributed by atoms with E-state index in [0.29, 0.717) is 30.8 Å². The van der Waals surface area contributed by atoms with Crippen molar-refractivity contribution in [3.05, 3.63) is 46.7 Å². The summed E-state index contributed by atoms with van der Waals surface area (Å²) in [5.41, 5.74) is 1.08. The lowest BCUT2D eigenvalue weighted by Crippen LogP contribution is -2.25. The van der Waals surface area contributed by atoms with Crippen LogP contribution in [0.15, 0.2) is 41.1 Å². The van der Waals surface area contributed by atoms with Gasteiger partial charge in [-0.3, -0.25) is 9.59 Å². The molecule has 2 fully saturated rings. The van der Waals surface area contributed by atoms with Crippen molar-refractivity contribution in [3.63, 3.8) is 0 Å². The van der Waals surface area contributed by atoms with Gasteiger partial charge in [0.25, 0.3) is 0 Å². The molecule has 4 atom stereocenters. The second kappa shape index (κ2) is 9.28. The molecule has 0 aromatic carbocycles. The van der Waals surface area contributed by atoms with E-state index in [2.05, 4.69) is 18.2 Å². The molecule has 0 amide bonds. The van der Waals surface area contributed by atoms with Crippen LogP contribution < -0.4 is 0 Å². The number of hydrogen-bond acceptors (Lipinski definition) is 4. The summed E-state index contributed by atoms with van der Waals surface area (Å²) >= 11 is 1.61. The van der Waals surface area contributed by atoms with Gasteiger partial charge in [0.15, 0.2) is 5.78 Å². The van der Waals surface area contributed by atoms with Crippen LogP contribution in [-0.2, 0) is 20.7 Å². The number of thiophene rings is 1. The average Bonchev–Trinajstić information content (AvgIpc) is 3.33. The minimum absolute atomic E-state index is 0.147. The Bertz CT molecular complexity index is 662. The van der Waals surface area contributed by atoms with Crippen molar-refractivity contribution in [1.82, 2.24) is 0 Å². The van der Waals surface area contributed by atoms with E-state index in [4.69, 9.17) is 9.84 Å². The van der Waals surface area contributed by atoms with Crippen LogP contribution >= 0.6 is 11.3 Å². The fourth-order valence-electron chi connectivity index (χ4n) is 4.00. The van der Waals surface area contributed by atoms with Crippen molar-refractivity contribution in [1.29, 1.82) is 0 Å². The summed E-state index contributed by atoms with van der Waals surface area (Å²) in [7, 11) is 0. The zero-order valence-corrected chi connectivity index (χ0v) is 15.7. The Morgan fingerprint density at radius 2 is 2.12 bits per heavy atom. The zero-order valence-electron chi connectivity index (χ0n) is 14.9. The Labute approximate surface area is 158 Å². The highest BCUT2D eigenvalue weighted by atomic mass is 32.1. The number of aliphatic carboxylic acids is 1. The van der Waals surface area contributed by atoms with Crippen LogP contribution in [0.25, 0.3) is 0 Å². The number of allylic oxidation sites excluding steroid dienone is 3. The molecule has 2 saturated heterocycles. The van der Waals surface area contributed by atoms with Gasteiger partial charge in [-0.15, -0.1) is 0 Å². The van der Waals surface area contributed by atoms with Crippen molar-refractivity contribution in [2.45, 2.75) is 57.2 Å². The summed E-state index contributed by atoms with van der Waals surface area (Å²) in [6.45, 7) is 0. The van der Waals surface area contributed by atoms with Crippen LogP contribution in [0.5, 0.6) is 0 Å². The molecule has 2 bridgehead atoms. The predicted octanol–water partition coefficient (Wildman–Crippen LogP) is 4.41. The Kier molecular flexibility index (Phi) is 6.80. The van der Waals surface area contributed by atoms with Gasteiger partial charge >= 0.3 is 5.97 Å². The van der Waals surface area contributed by atoms with Gasteiger partial charge in [-0.1, -0.05) is 18.2 Å². The molecule has 140 valence electrons. The van der Waals surface area contributed by atoms with E-state index in [0.717, 1.165) is 31.2 Å². The first-order valence-electron chi connectivity index (χ1n) is 9.38. The number of hydrogen-bond donors (Lipinski definition) is 1. The standard InChI is InChI=1S/C21H26O4S/c22-16(13-15-11-12-26-14-15)7-8-18-17(19-9-10-20(18)25-19)5-3-1-2-4-6-21(23)24/h1,3,7-8,11-12,14,17-20H,2,4-6,9-10,13H2,(H,23,24)/b3-1-,8-7+/t17-,18+,19-,20+/m1/s1. The fraction of sp³-hybridized carbons (Fsp3) is 0.524. The number of fused-ring (bicyclic) bond motifs is 2. The van der Waals surface area contributed by atoms with Crippen LogP contribution in [0, 0.1) is 11.8 Å². The van der Waals surface area contributed by atoms with Crippen molar-refractivity contribution < 1.29 is 19.4 Å². The Morgan fingerprint density at radius 1 is 1.27 bits per heavy atom. The fourth-order valence-corrected chi connectivity index (χ4v) is 4.67. The molecule has 5 heteroatoms. The molecule has 1 aromatic heterocycles. The molecule has 1 N–H and O–H groups in total. The molecule has 2 aliphatic rings. The number of carbonyl (C=O) groups is 2. The molecule has 0 radical (unpaired) electrons. The molecule has 0 saturated carbocycles. The normalized spacial score (nSPS) is 27.7. The number of carboxylic acids is 1. The van der Waals surface area contributed by atoms with Gasteiger partial charge in [-0.2, -0.15) is 11.3 Å². The molecule has 3 heterocycles. The first kappa shape index (κ1) is 19.1. The molecule has 0 spiro atoms. The molecular weight excluding hydrogens is 348 g/mol. The van der Waals surface area contributed by atoms with Gasteiger partial charge in [-0.25, -0.2) is 0 Å². The summed E-state index contributed by atoms with van der Waals surface area (Å²) in [6, 6.07) is 2.00. The minimum Gasteiger partial charge on any atom is -0.481 e. The maximum absolute atomic E-state index is 12.2. The van der Waals surface area contributed by atoms with Gasteiger partial charge in [0, 0.05) is 18.8 Å². The van der Waals surface area contributed by atoms with Crippen molar-refractivity contribution in [2.24, 2.45) is 11.8 Å². The van der Waals surface area contributed by atoms with Crippen LogP contribution in [0.4, 0.5) is 0 Å². The van der Waals surface area contributed by atoms with Gasteiger partial charge in [-0.05, 0) is 66.5 Å². The third-order valence-corrected chi connectivity index (χ3v) is 6.02. The maximum atomic E-state index is 12.2. The summed E-state index contributed by atoms with van der Waals surface area (Å²) in [5, 5.41) is 12.7. The van der Waals surface area contributed by atoms with Crippen molar-refractivity contribution in [3.8, 4) is 0 Å². The van der Waals surface area contributed by atoms with Gasteiger partial charge in [0.1, 0.15) is 0 Å². The van der Waals surface area contributed by atoms with E-state index < -0.39 is 5.97 Å². The van der Waals surface area contributed by atoms with Crippen molar-refractivity contribution in [2.75, 3.05) is 0 Å². The first-order valence-corrected chi connectivity index (χ1v) is 10.3. The average molecular weight is 375 g/mol. The lowest BCUT2D eigenvalue weighted by molar-refractivity contribution is -0.137. The summed E-state index contributed by atoms with van der Waals surface area (Å²) in [5.74, 6) is 0.143. The zero-order chi connectivity index (χ0) is 18.4. The second-order valence-corrected chi connectivity index (χ2v) is 7.94. The molecule has 26 heavy (non-hydrogen) atoms. The smallest absolute Gasteiger partial charge is 0.303 e. The minimum atomic E-state index is -0.739. The highest BCUT2D eigenvalue weighted by Crippen LogP contribution is 2.45. The highest BCUT2D eigenvalue weighted by molar-refractivity contribution is 7.08. The van der Waals surface area contributed by atoms with E-state index in [1.165, 1.54) is 0 Å². The third-order valence-electron chi connectivity index (χ3n) is 5.29. The molecular formula is C21H26O4S. The Hall–Kier alpha value is -1.72. The molecule has 2 aliphatic heterocycles. The topological polar surface area (TPSA) is 63.6 Å². The lowest BCUT2D eigenvalue weighted by atomic mass is 9.77. The summed E-state index contributed by atoms with van der Waals surface area (Å²) in [4.78, 5) is 22.7. The number of carbonyl (C=O) groups excluding carboxylic acids is 1. The van der Waals surface area contributed by atoms with Crippen molar-refractivity contribution >= 4 is 23.1 Å². The van der Waals surface area contributed by atoms with Crippen LogP contribution in [0.3, 0.4) is 0 Å². The van der Waals surface area contributed by atoms with Crippen LogP contribution in [-0.4, -0.2) is 29.1 Å². The summed E-state index contributed by atoms with van der Waals surface area (Å²) in [6.07, 6.45) is 13.9. The Morgan fingerprint density at radius 3 is 2.88 bits per heavy atom. The number of ketones is 1. The van der Waals surface area contributed by atoms with E-state index in [9.17, 15) is 9.59 Å². The monoisotopic (exact) mass is 374 g/mol. The number of carboxylic acid groups (broad SMARTS) is 1. The Balaban J connectivity index is 1.50. The number of rotatable bonds is 10. The number of unbranched alkanes of at least 4 members (excludes halogenated alkanes) is 1. The molecule has 4 nitrogen and oxygen atoms in total. The van der Waals surface area contributed by atoms with E-state index in [1.807, 2.05) is 16.8 Å². The third kappa shape index (κ3) is 5.15. The van der Waals surface area contributed by atoms with E-state index >= 15 is 0 Å². The lowest BCUT2D eigenvalue weighted by Gasteiger charge is -2.24. The highest BCUT2D eigenvalue weighted by Gasteiger charge is 2.46. The summed E-state index contributed by atoms with van der Waals surface area (Å²) < 4.78 is 6.07. The molecule has 0 aliphatic carbocycles. The largest absolute Gasteiger partial charge is 0.481 e. The SMILES string of the molecule is O=C(O)CCC/C=C\C[C@@H]1[C@H](/C=C/C(=O)Cc2ccsc2)[C@@H]2CC[C@H]1O2. The van der Waals surface area contributed by atoms with Crippen LogP contribution in [0.2, 0.25) is 0 Å². The molecule has 0 unspecified atom stereocenters. The molecule has 1 aromatic rings. The quantitative estimate of drug-likeness (QED) is 0.374. The van der Waals surface area contributed by atoms with E-state index in [1.54, 1.807) is 17.4 Å². The first-order chi connectivity index (χ1) is 12.6. The predicted molar refractivity (Wildman–Crippen MR) is 102 cm³/mol. The second-order valence-electron chi connectivity index (χ2n) is 7.16. The molecule has 3 rings (SSSR count). The maximum Gasteiger partial charge on any atom is 0.303 e. The van der Waals surface area contributed by atoms with Crippen LogP contribution in [0.1, 0.15) is 44.1 Å². The van der Waals surface area contributed by atoms with Gasteiger partial charge in [0.2, 0.25) is 0 Å². The van der Waals surface area contributed by atoms with Gasteiger partial charge < -0.3 is 9.84 Å².